The maximum absolute atomic E-state index is 11.5. The standard InChI is InChI=1S/C12H16N2O3/c1-12(2,3)17-11(15)14-8-6-10-9(13-7-8)4-5-16-10/h6-7H,4-5H2,1-3H3,(H,14,15). The normalized spacial score (nSPS) is 13.8. The molecule has 1 aromatic rings. The SMILES string of the molecule is CC(C)(C)OC(=O)Nc1cnc2c(c1)OCC2. The summed E-state index contributed by atoms with van der Waals surface area (Å²) in [5.41, 5.74) is 1.00. The lowest BCUT2D eigenvalue weighted by atomic mass is 10.2. The van der Waals surface area contributed by atoms with Gasteiger partial charge in [-0.25, -0.2) is 4.79 Å². The summed E-state index contributed by atoms with van der Waals surface area (Å²) in [7, 11) is 0. The number of hydrogen-bond donors (Lipinski definition) is 1. The Morgan fingerprint density at radius 2 is 2.29 bits per heavy atom. The minimum atomic E-state index is -0.509. The van der Waals surface area contributed by atoms with E-state index < -0.39 is 11.7 Å². The van der Waals surface area contributed by atoms with Crippen LogP contribution in [0.4, 0.5) is 10.5 Å². The maximum atomic E-state index is 11.5. The van der Waals surface area contributed by atoms with E-state index in [-0.39, 0.29) is 0 Å². The highest BCUT2D eigenvalue weighted by Crippen LogP contribution is 2.26. The minimum absolute atomic E-state index is 0.489. The Balaban J connectivity index is 2.02. The van der Waals surface area contributed by atoms with Crippen molar-refractivity contribution in [3.8, 4) is 5.75 Å². The first-order valence-electron chi connectivity index (χ1n) is 5.56. The largest absolute Gasteiger partial charge is 0.491 e. The van der Waals surface area contributed by atoms with Gasteiger partial charge < -0.3 is 9.47 Å². The molecule has 0 atom stereocenters. The van der Waals surface area contributed by atoms with E-state index in [2.05, 4.69) is 10.3 Å². The van der Waals surface area contributed by atoms with E-state index in [1.807, 2.05) is 20.8 Å². The molecule has 0 spiro atoms. The van der Waals surface area contributed by atoms with Gasteiger partial charge in [-0.3, -0.25) is 10.3 Å². The summed E-state index contributed by atoms with van der Waals surface area (Å²) < 4.78 is 10.5. The van der Waals surface area contributed by atoms with Gasteiger partial charge in [0.15, 0.2) is 0 Å². The number of aromatic nitrogens is 1. The van der Waals surface area contributed by atoms with Crippen molar-refractivity contribution in [2.75, 3.05) is 11.9 Å². The van der Waals surface area contributed by atoms with Crippen molar-refractivity contribution < 1.29 is 14.3 Å². The van der Waals surface area contributed by atoms with Crippen molar-refractivity contribution in [2.24, 2.45) is 0 Å². The Bertz CT molecular complexity index is 438. The van der Waals surface area contributed by atoms with E-state index in [1.165, 1.54) is 0 Å². The van der Waals surface area contributed by atoms with Gasteiger partial charge in [0, 0.05) is 12.5 Å². The highest BCUT2D eigenvalue weighted by Gasteiger charge is 2.18. The molecular formula is C12H16N2O3. The molecule has 5 nitrogen and oxygen atoms in total. The van der Waals surface area contributed by atoms with Crippen LogP contribution < -0.4 is 10.1 Å². The molecule has 0 bridgehead atoms. The average molecular weight is 236 g/mol. The van der Waals surface area contributed by atoms with E-state index in [0.29, 0.717) is 12.3 Å². The molecule has 2 heterocycles. The number of hydrogen-bond acceptors (Lipinski definition) is 4. The second kappa shape index (κ2) is 4.24. The smallest absolute Gasteiger partial charge is 0.412 e. The van der Waals surface area contributed by atoms with Crippen LogP contribution >= 0.6 is 0 Å². The van der Waals surface area contributed by atoms with Crippen molar-refractivity contribution in [3.63, 3.8) is 0 Å². The Morgan fingerprint density at radius 1 is 1.53 bits per heavy atom. The molecule has 1 aromatic heterocycles. The zero-order valence-corrected chi connectivity index (χ0v) is 10.2. The topological polar surface area (TPSA) is 60.5 Å². The molecule has 1 aliphatic heterocycles. The summed E-state index contributed by atoms with van der Waals surface area (Å²) in [5.74, 6) is 0.735. The molecule has 0 unspecified atom stereocenters. The van der Waals surface area contributed by atoms with Crippen LogP contribution in [0.5, 0.6) is 5.75 Å². The molecule has 92 valence electrons. The first-order chi connectivity index (χ1) is 7.94. The second-order valence-corrected chi connectivity index (χ2v) is 4.89. The van der Waals surface area contributed by atoms with Crippen LogP contribution in [-0.4, -0.2) is 23.3 Å². The van der Waals surface area contributed by atoms with Gasteiger partial charge in [0.05, 0.1) is 24.2 Å². The first kappa shape index (κ1) is 11.7. The van der Waals surface area contributed by atoms with Gasteiger partial charge in [-0.1, -0.05) is 0 Å². The molecule has 2 rings (SSSR count). The summed E-state index contributed by atoms with van der Waals surface area (Å²) >= 11 is 0. The summed E-state index contributed by atoms with van der Waals surface area (Å²) in [6.45, 7) is 6.10. The van der Waals surface area contributed by atoms with Crippen LogP contribution in [0, 0.1) is 0 Å². The quantitative estimate of drug-likeness (QED) is 0.813. The summed E-state index contributed by atoms with van der Waals surface area (Å²) in [6, 6.07) is 1.76. The van der Waals surface area contributed by atoms with Gasteiger partial charge in [-0.2, -0.15) is 0 Å². The van der Waals surface area contributed by atoms with E-state index in [4.69, 9.17) is 9.47 Å². The fourth-order valence-corrected chi connectivity index (χ4v) is 1.53. The van der Waals surface area contributed by atoms with Crippen LogP contribution in [0.25, 0.3) is 0 Å². The van der Waals surface area contributed by atoms with Crippen LogP contribution in [0.3, 0.4) is 0 Å². The lowest BCUT2D eigenvalue weighted by Gasteiger charge is -2.19. The molecule has 0 saturated carbocycles. The molecule has 17 heavy (non-hydrogen) atoms. The number of pyridine rings is 1. The number of ether oxygens (including phenoxy) is 2. The fourth-order valence-electron chi connectivity index (χ4n) is 1.53. The Labute approximate surface area is 100 Å². The van der Waals surface area contributed by atoms with E-state index >= 15 is 0 Å². The number of nitrogens with one attached hydrogen (secondary N) is 1. The predicted molar refractivity (Wildman–Crippen MR) is 63.3 cm³/mol. The van der Waals surface area contributed by atoms with Gasteiger partial charge in [0.2, 0.25) is 0 Å². The molecule has 0 radical (unpaired) electrons. The van der Waals surface area contributed by atoms with Gasteiger partial charge in [0.25, 0.3) is 0 Å². The number of nitrogens with zero attached hydrogens (tertiary/aromatic N) is 1. The number of anilines is 1. The van der Waals surface area contributed by atoms with Crippen LogP contribution in [0.2, 0.25) is 0 Å². The zero-order valence-electron chi connectivity index (χ0n) is 10.2. The predicted octanol–water partition coefficient (Wildman–Crippen LogP) is 2.36. The molecule has 0 aromatic carbocycles. The Kier molecular flexibility index (Phi) is 2.92. The molecule has 1 N–H and O–H groups in total. The molecule has 0 fully saturated rings. The van der Waals surface area contributed by atoms with Crippen LogP contribution in [0.15, 0.2) is 12.3 Å². The van der Waals surface area contributed by atoms with Crippen molar-refractivity contribution in [1.82, 2.24) is 4.98 Å². The first-order valence-corrected chi connectivity index (χ1v) is 5.56. The number of carbonyl (C=O) groups is 1. The molecule has 1 aliphatic rings. The number of rotatable bonds is 1. The van der Waals surface area contributed by atoms with Gasteiger partial charge in [0.1, 0.15) is 11.4 Å². The second-order valence-electron chi connectivity index (χ2n) is 4.89. The fraction of sp³-hybridized carbons (Fsp3) is 0.500. The van der Waals surface area contributed by atoms with E-state index in [9.17, 15) is 4.79 Å². The zero-order chi connectivity index (χ0) is 12.5. The maximum Gasteiger partial charge on any atom is 0.412 e. The van der Waals surface area contributed by atoms with Crippen LogP contribution in [-0.2, 0) is 11.2 Å². The minimum Gasteiger partial charge on any atom is -0.491 e. The van der Waals surface area contributed by atoms with E-state index in [0.717, 1.165) is 17.9 Å². The number of carbonyl (C=O) groups excluding carboxylic acids is 1. The third-order valence-corrected chi connectivity index (χ3v) is 2.17. The average Bonchev–Trinajstić information content (AvgIpc) is 2.61. The van der Waals surface area contributed by atoms with Crippen molar-refractivity contribution >= 4 is 11.8 Å². The number of fused-ring (bicyclic) bond motifs is 1. The molecule has 0 saturated heterocycles. The Morgan fingerprint density at radius 3 is 3.00 bits per heavy atom. The molecule has 0 aliphatic carbocycles. The monoisotopic (exact) mass is 236 g/mol. The third-order valence-electron chi connectivity index (χ3n) is 2.17. The molecule has 1 amide bonds. The highest BCUT2D eigenvalue weighted by atomic mass is 16.6. The number of amides is 1. The third kappa shape index (κ3) is 3.09. The van der Waals surface area contributed by atoms with Crippen molar-refractivity contribution in [2.45, 2.75) is 32.8 Å². The Hall–Kier alpha value is -1.78. The summed E-state index contributed by atoms with van der Waals surface area (Å²) in [4.78, 5) is 15.7. The van der Waals surface area contributed by atoms with Crippen LogP contribution in [0.1, 0.15) is 26.5 Å². The molecular weight excluding hydrogens is 220 g/mol. The lowest BCUT2D eigenvalue weighted by Crippen LogP contribution is -2.27. The lowest BCUT2D eigenvalue weighted by molar-refractivity contribution is 0.0636. The highest BCUT2D eigenvalue weighted by molar-refractivity contribution is 5.84. The molecule has 5 heteroatoms. The van der Waals surface area contributed by atoms with Gasteiger partial charge in [-0.05, 0) is 20.8 Å². The van der Waals surface area contributed by atoms with E-state index in [1.54, 1.807) is 12.3 Å². The summed E-state index contributed by atoms with van der Waals surface area (Å²) in [6.07, 6.45) is 1.94. The van der Waals surface area contributed by atoms with Gasteiger partial charge in [-0.15, -0.1) is 0 Å². The summed E-state index contributed by atoms with van der Waals surface area (Å²) in [5, 5.41) is 2.62. The van der Waals surface area contributed by atoms with Gasteiger partial charge >= 0.3 is 6.09 Å². The van der Waals surface area contributed by atoms with Crippen molar-refractivity contribution in [3.05, 3.63) is 18.0 Å². The van der Waals surface area contributed by atoms with Crippen molar-refractivity contribution in [1.29, 1.82) is 0 Å².